The Morgan fingerprint density at radius 1 is 1.08 bits per heavy atom. The summed E-state index contributed by atoms with van der Waals surface area (Å²) in [5.74, 6) is 0.170. The topological polar surface area (TPSA) is 26.3 Å². The summed E-state index contributed by atoms with van der Waals surface area (Å²) < 4.78 is 4.63. The number of ether oxygens (including phenoxy) is 1. The molecule has 0 bridgehead atoms. The van der Waals surface area contributed by atoms with E-state index in [1.165, 1.54) is 46.6 Å². The fraction of sp³-hybridized carbons (Fsp3) is 0.292. The molecule has 0 heterocycles. The molecule has 0 saturated carbocycles. The first-order chi connectivity index (χ1) is 12.3. The Hall–Kier alpha value is -2.61. The van der Waals surface area contributed by atoms with E-state index in [0.717, 1.165) is 5.57 Å². The van der Waals surface area contributed by atoms with Crippen molar-refractivity contribution in [3.63, 3.8) is 0 Å². The zero-order valence-electron chi connectivity index (χ0n) is 16.6. The van der Waals surface area contributed by atoms with Crippen LogP contribution in [0.3, 0.4) is 0 Å². The van der Waals surface area contributed by atoms with E-state index in [0.29, 0.717) is 5.92 Å². The number of hydrogen-bond donors (Lipinski definition) is 0. The van der Waals surface area contributed by atoms with Gasteiger partial charge in [0.2, 0.25) is 0 Å². The zero-order valence-corrected chi connectivity index (χ0v) is 16.6. The number of aryl methyl sites for hydroxylation is 2. The summed E-state index contributed by atoms with van der Waals surface area (Å²) in [7, 11) is 1.38. The molecular formula is C24H28O2. The Labute approximate surface area is 157 Å². The molecule has 0 atom stereocenters. The molecule has 0 spiro atoms. The van der Waals surface area contributed by atoms with Gasteiger partial charge in [-0.25, -0.2) is 4.79 Å². The first-order valence-corrected chi connectivity index (χ1v) is 8.98. The number of carbonyl (C=O) groups is 1. The molecule has 2 aliphatic carbocycles. The lowest BCUT2D eigenvalue weighted by atomic mass is 10.0. The van der Waals surface area contributed by atoms with Crippen LogP contribution < -0.4 is 0 Å². The molecular weight excluding hydrogens is 320 g/mol. The van der Waals surface area contributed by atoms with Gasteiger partial charge in [-0.1, -0.05) is 62.4 Å². The lowest BCUT2D eigenvalue weighted by molar-refractivity contribution is -0.134. The highest BCUT2D eigenvalue weighted by Crippen LogP contribution is 2.36. The smallest absolute Gasteiger partial charge is 0.330 e. The normalized spacial score (nSPS) is 12.7. The Balaban J connectivity index is 2.32. The molecule has 2 heteroatoms. The molecule has 0 aromatic rings. The fourth-order valence-corrected chi connectivity index (χ4v) is 3.03. The highest BCUT2D eigenvalue weighted by Gasteiger charge is 2.14. The molecule has 0 fully saturated rings. The minimum atomic E-state index is -0.335. The molecule has 0 unspecified atom stereocenters. The maximum Gasteiger partial charge on any atom is 0.330 e. The van der Waals surface area contributed by atoms with E-state index in [1.54, 1.807) is 0 Å². The van der Waals surface area contributed by atoms with Gasteiger partial charge in [0.1, 0.15) is 0 Å². The van der Waals surface area contributed by atoms with E-state index in [-0.39, 0.29) is 5.97 Å². The van der Waals surface area contributed by atoms with Crippen molar-refractivity contribution in [1.29, 1.82) is 0 Å². The maximum absolute atomic E-state index is 11.2. The average Bonchev–Trinajstić information content (AvgIpc) is 2.78. The van der Waals surface area contributed by atoms with Crippen molar-refractivity contribution >= 4 is 12.0 Å². The largest absolute Gasteiger partial charge is 0.466 e. The molecule has 2 nitrogen and oxygen atoms in total. The van der Waals surface area contributed by atoms with Gasteiger partial charge in [-0.05, 0) is 65.6 Å². The standard InChI is InChI=1S/C24H28O2/c1-16(2)20-12-11-18(4)24-21(14-19(5)22(24)15-20)10-8-7-9-17(3)13-23(25)26-6/h7-16H,1-6H3/b9-7+,10-8+,17-13+. The number of esters is 1. The van der Waals surface area contributed by atoms with Crippen LogP contribution in [0, 0.1) is 13.8 Å². The van der Waals surface area contributed by atoms with Crippen molar-refractivity contribution in [2.24, 2.45) is 0 Å². The Morgan fingerprint density at radius 3 is 2.46 bits per heavy atom. The van der Waals surface area contributed by atoms with Crippen LogP contribution in [0.15, 0.2) is 54.1 Å². The maximum atomic E-state index is 11.2. The first-order valence-electron chi connectivity index (χ1n) is 8.98. The predicted molar refractivity (Wildman–Crippen MR) is 111 cm³/mol. The van der Waals surface area contributed by atoms with Gasteiger partial charge in [-0.2, -0.15) is 0 Å². The van der Waals surface area contributed by atoms with Crippen molar-refractivity contribution in [2.75, 3.05) is 7.11 Å². The molecule has 0 amide bonds. The number of methoxy groups -OCH3 is 1. The summed E-state index contributed by atoms with van der Waals surface area (Å²) in [6, 6.07) is 9.00. The lowest BCUT2D eigenvalue weighted by Crippen LogP contribution is -1.94. The number of hydrogen-bond acceptors (Lipinski definition) is 2. The van der Waals surface area contributed by atoms with Crippen molar-refractivity contribution < 1.29 is 9.53 Å². The van der Waals surface area contributed by atoms with Gasteiger partial charge in [-0.15, -0.1) is 0 Å². The van der Waals surface area contributed by atoms with Crippen molar-refractivity contribution in [3.05, 3.63) is 76.4 Å². The van der Waals surface area contributed by atoms with E-state index in [4.69, 9.17) is 0 Å². The van der Waals surface area contributed by atoms with Gasteiger partial charge in [0, 0.05) is 6.08 Å². The number of carbonyl (C=O) groups excluding carboxylic acids is 1. The van der Waals surface area contributed by atoms with E-state index >= 15 is 0 Å². The zero-order chi connectivity index (χ0) is 19.3. The molecule has 0 radical (unpaired) electrons. The van der Waals surface area contributed by atoms with Gasteiger partial charge in [0.25, 0.3) is 0 Å². The second kappa shape index (κ2) is 8.66. The van der Waals surface area contributed by atoms with Crippen LogP contribution in [0.1, 0.15) is 48.9 Å². The molecule has 0 aliphatic heterocycles. The number of rotatable bonds is 5. The summed E-state index contributed by atoms with van der Waals surface area (Å²) >= 11 is 0. The highest BCUT2D eigenvalue weighted by atomic mass is 16.5. The molecule has 2 aliphatic rings. The van der Waals surface area contributed by atoms with Crippen LogP contribution in [0.2, 0.25) is 0 Å². The van der Waals surface area contributed by atoms with Crippen molar-refractivity contribution in [1.82, 2.24) is 0 Å². The van der Waals surface area contributed by atoms with Gasteiger partial charge >= 0.3 is 5.97 Å². The summed E-state index contributed by atoms with van der Waals surface area (Å²) in [6.07, 6.45) is 9.46. The Kier molecular flexibility index (Phi) is 6.57. The first kappa shape index (κ1) is 19.7. The second-order valence-corrected chi connectivity index (χ2v) is 7.02. The third-order valence-electron chi connectivity index (χ3n) is 4.55. The summed E-state index contributed by atoms with van der Waals surface area (Å²) in [5.41, 5.74) is 8.64. The molecule has 26 heavy (non-hydrogen) atoms. The van der Waals surface area contributed by atoms with Crippen LogP contribution in [0.5, 0.6) is 0 Å². The molecule has 2 rings (SSSR count). The third-order valence-corrected chi connectivity index (χ3v) is 4.55. The van der Waals surface area contributed by atoms with Crippen LogP contribution in [0.25, 0.3) is 17.2 Å². The van der Waals surface area contributed by atoms with E-state index in [2.05, 4.69) is 62.8 Å². The van der Waals surface area contributed by atoms with Crippen LogP contribution in [-0.4, -0.2) is 13.1 Å². The number of fused-ring (bicyclic) bond motifs is 1. The van der Waals surface area contributed by atoms with Gasteiger partial charge in [0.05, 0.1) is 7.11 Å². The Bertz CT molecular complexity index is 851. The van der Waals surface area contributed by atoms with Crippen molar-refractivity contribution in [2.45, 2.75) is 40.5 Å². The Morgan fingerprint density at radius 2 is 1.81 bits per heavy atom. The molecule has 0 saturated heterocycles. The molecule has 0 aromatic heterocycles. The quantitative estimate of drug-likeness (QED) is 0.364. The minimum absolute atomic E-state index is 0.335. The monoisotopic (exact) mass is 348 g/mol. The number of allylic oxidation sites excluding steroid dienone is 4. The second-order valence-electron chi connectivity index (χ2n) is 7.02. The summed E-state index contributed by atoms with van der Waals surface area (Å²) in [5, 5.41) is 0. The SMILES string of the molecule is COC(=O)/C=C(C)/C=C/C=C/c1cc(C)c2cc(C(C)C)ccc(C)c1-2. The van der Waals surface area contributed by atoms with Gasteiger partial charge in [-0.3, -0.25) is 0 Å². The van der Waals surface area contributed by atoms with E-state index in [1.807, 2.05) is 25.2 Å². The highest BCUT2D eigenvalue weighted by molar-refractivity contribution is 5.84. The third kappa shape index (κ3) is 4.72. The van der Waals surface area contributed by atoms with E-state index < -0.39 is 0 Å². The average molecular weight is 348 g/mol. The van der Waals surface area contributed by atoms with E-state index in [9.17, 15) is 4.79 Å². The predicted octanol–water partition coefficient (Wildman–Crippen LogP) is 6.22. The van der Waals surface area contributed by atoms with Crippen LogP contribution >= 0.6 is 0 Å². The lowest BCUT2D eigenvalue weighted by Gasteiger charge is -2.04. The molecule has 0 N–H and O–H groups in total. The van der Waals surface area contributed by atoms with Crippen molar-refractivity contribution in [3.8, 4) is 11.1 Å². The van der Waals surface area contributed by atoms with Crippen LogP contribution in [0.4, 0.5) is 0 Å². The summed E-state index contributed by atoms with van der Waals surface area (Å²) in [6.45, 7) is 10.7. The van der Waals surface area contributed by atoms with Gasteiger partial charge < -0.3 is 4.74 Å². The fourth-order valence-electron chi connectivity index (χ4n) is 3.03. The van der Waals surface area contributed by atoms with Gasteiger partial charge in [0.15, 0.2) is 0 Å². The molecule has 136 valence electrons. The van der Waals surface area contributed by atoms with Crippen LogP contribution in [-0.2, 0) is 9.53 Å². The summed E-state index contributed by atoms with van der Waals surface area (Å²) in [4.78, 5) is 11.2. The minimum Gasteiger partial charge on any atom is -0.466 e. The molecule has 0 aromatic carbocycles.